The van der Waals surface area contributed by atoms with Crippen molar-refractivity contribution in [3.8, 4) is 11.4 Å². The van der Waals surface area contributed by atoms with Gasteiger partial charge >= 0.3 is 6.18 Å². The Morgan fingerprint density at radius 3 is 2.50 bits per heavy atom. The van der Waals surface area contributed by atoms with Crippen LogP contribution >= 0.6 is 24.8 Å². The number of aromatic nitrogens is 4. The lowest BCUT2D eigenvalue weighted by Gasteiger charge is -2.34. The molecule has 2 aromatic carbocycles. The van der Waals surface area contributed by atoms with Crippen LogP contribution in [0, 0.1) is 5.82 Å². The predicted octanol–water partition coefficient (Wildman–Crippen LogP) is 4.79. The highest BCUT2D eigenvalue weighted by atomic mass is 35.5. The van der Waals surface area contributed by atoms with Crippen LogP contribution in [0.2, 0.25) is 0 Å². The van der Waals surface area contributed by atoms with E-state index in [0.29, 0.717) is 17.0 Å². The summed E-state index contributed by atoms with van der Waals surface area (Å²) in [6, 6.07) is 11.3. The van der Waals surface area contributed by atoms with E-state index in [9.17, 15) is 17.6 Å². The van der Waals surface area contributed by atoms with Crippen molar-refractivity contribution in [2.75, 3.05) is 6.54 Å². The van der Waals surface area contributed by atoms with Crippen LogP contribution in [0.3, 0.4) is 0 Å². The molecule has 3 aromatic rings. The first-order valence-corrected chi connectivity index (χ1v) is 11.3. The van der Waals surface area contributed by atoms with Crippen molar-refractivity contribution in [2.24, 2.45) is 0 Å². The van der Waals surface area contributed by atoms with Crippen molar-refractivity contribution in [3.63, 3.8) is 0 Å². The van der Waals surface area contributed by atoms with Gasteiger partial charge in [0, 0.05) is 24.2 Å². The van der Waals surface area contributed by atoms with Gasteiger partial charge in [0.2, 0.25) is 0 Å². The van der Waals surface area contributed by atoms with E-state index in [0.717, 1.165) is 43.4 Å². The second-order valence-corrected chi connectivity index (χ2v) is 8.63. The molecule has 36 heavy (non-hydrogen) atoms. The lowest BCUT2D eigenvalue weighted by molar-refractivity contribution is -0.146. The van der Waals surface area contributed by atoms with Crippen molar-refractivity contribution < 1.29 is 22.3 Å². The quantitative estimate of drug-likeness (QED) is 0.413. The first-order valence-electron chi connectivity index (χ1n) is 11.3. The summed E-state index contributed by atoms with van der Waals surface area (Å²) in [6.07, 6.45) is -0.759. The molecule has 1 unspecified atom stereocenters. The Bertz CT molecular complexity index is 1140. The third-order valence-electron chi connectivity index (χ3n) is 6.07. The molecule has 2 aliphatic rings. The van der Waals surface area contributed by atoms with Crippen LogP contribution in [-0.2, 0) is 12.7 Å². The number of ether oxygens (including phenoxy) is 1. The first kappa shape index (κ1) is 28.1. The maximum Gasteiger partial charge on any atom is 0.453 e. The summed E-state index contributed by atoms with van der Waals surface area (Å²) in [5.41, 5.74) is 1.90. The molecule has 2 heterocycles. The molecule has 0 amide bonds. The summed E-state index contributed by atoms with van der Waals surface area (Å²) in [5, 5.41) is 16.9. The van der Waals surface area contributed by atoms with E-state index in [2.05, 4.69) is 26.2 Å². The van der Waals surface area contributed by atoms with Gasteiger partial charge in [0.15, 0.2) is 0 Å². The summed E-state index contributed by atoms with van der Waals surface area (Å²) in [7, 11) is 0. The smallest absolute Gasteiger partial charge is 0.453 e. The van der Waals surface area contributed by atoms with Gasteiger partial charge in [0.05, 0.1) is 11.8 Å². The molecule has 1 saturated heterocycles. The Morgan fingerprint density at radius 1 is 1.06 bits per heavy atom. The molecule has 1 aliphatic heterocycles. The molecular weight excluding hydrogens is 523 g/mol. The predicted molar refractivity (Wildman–Crippen MR) is 129 cm³/mol. The minimum absolute atomic E-state index is 0. The average molecular weight is 549 g/mol. The van der Waals surface area contributed by atoms with E-state index < -0.39 is 12.0 Å². The molecule has 0 radical (unpaired) electrons. The highest BCUT2D eigenvalue weighted by Crippen LogP contribution is 2.33. The zero-order valence-electron chi connectivity index (χ0n) is 19.0. The number of hydrogen-bond acceptors (Lipinski definition) is 6. The zero-order valence-corrected chi connectivity index (χ0v) is 20.7. The normalized spacial score (nSPS) is 19.8. The lowest BCUT2D eigenvalue weighted by atomic mass is 9.92. The van der Waals surface area contributed by atoms with E-state index in [1.165, 1.54) is 18.2 Å². The topological polar surface area (TPSA) is 76.9 Å². The fourth-order valence-corrected chi connectivity index (χ4v) is 4.22. The summed E-state index contributed by atoms with van der Waals surface area (Å²) >= 11 is 0. The number of benzene rings is 2. The second kappa shape index (κ2) is 11.7. The fourth-order valence-electron chi connectivity index (χ4n) is 4.22. The summed E-state index contributed by atoms with van der Waals surface area (Å²) in [5.74, 6) is -0.846. The summed E-state index contributed by atoms with van der Waals surface area (Å²) in [4.78, 5) is 0. The molecule has 13 heteroatoms. The van der Waals surface area contributed by atoms with Gasteiger partial charge in [-0.1, -0.05) is 12.1 Å². The summed E-state index contributed by atoms with van der Waals surface area (Å²) in [6.45, 7) is 1.23. The Kier molecular flexibility index (Phi) is 9.15. The number of rotatable bonds is 7. The zero-order chi connectivity index (χ0) is 23.7. The van der Waals surface area contributed by atoms with Gasteiger partial charge in [-0.05, 0) is 78.6 Å². The van der Waals surface area contributed by atoms with Crippen LogP contribution in [0.25, 0.3) is 5.69 Å². The van der Waals surface area contributed by atoms with Gasteiger partial charge in [-0.2, -0.15) is 17.9 Å². The highest BCUT2D eigenvalue weighted by molar-refractivity contribution is 5.85. The molecule has 1 saturated carbocycles. The number of tetrazole rings is 1. The van der Waals surface area contributed by atoms with Gasteiger partial charge in [0.1, 0.15) is 11.6 Å². The molecular formula is C23H26Cl2F4N6O. The van der Waals surface area contributed by atoms with Gasteiger partial charge in [0.25, 0.3) is 5.82 Å². The van der Waals surface area contributed by atoms with E-state index >= 15 is 0 Å². The SMILES string of the molecule is Cl.Cl.Fc1ccc([C@@H]2NCCCC2NCc2cc(-n3nnnc3C(F)(F)F)ccc2OC2CC2)cc1. The molecule has 7 nitrogen and oxygen atoms in total. The van der Waals surface area contributed by atoms with E-state index in [1.54, 1.807) is 24.3 Å². The molecule has 0 spiro atoms. The number of alkyl halides is 3. The van der Waals surface area contributed by atoms with E-state index in [4.69, 9.17) is 4.74 Å². The fraction of sp³-hybridized carbons (Fsp3) is 0.435. The molecule has 2 atom stereocenters. The maximum atomic E-state index is 13.4. The lowest BCUT2D eigenvalue weighted by Crippen LogP contribution is -2.45. The monoisotopic (exact) mass is 548 g/mol. The Hall–Kier alpha value is -2.47. The van der Waals surface area contributed by atoms with Crippen molar-refractivity contribution in [1.29, 1.82) is 0 Å². The molecule has 1 aliphatic carbocycles. The van der Waals surface area contributed by atoms with Crippen LogP contribution in [-0.4, -0.2) is 38.9 Å². The van der Waals surface area contributed by atoms with Crippen molar-refractivity contribution in [1.82, 2.24) is 30.8 Å². The minimum atomic E-state index is -4.68. The standard InChI is InChI=1S/C23H24F4N6O.2ClH/c24-16-5-3-14(4-6-16)21-19(2-1-11-28-21)29-13-15-12-17(7-10-20(15)34-18-8-9-18)33-22(23(25,26)27)30-31-32-33;;/h3-7,10,12,18-19,21,28-29H,1-2,8-9,11,13H2;2*1H/t19?,21-;;/m0../s1. The molecule has 196 valence electrons. The maximum absolute atomic E-state index is 13.4. The van der Waals surface area contributed by atoms with Gasteiger partial charge in [-0.3, -0.25) is 0 Å². The Labute approximate surface area is 217 Å². The average Bonchev–Trinajstić information content (AvgIpc) is 3.49. The molecule has 2 N–H and O–H groups in total. The van der Waals surface area contributed by atoms with Crippen LogP contribution in [0.1, 0.15) is 48.7 Å². The van der Waals surface area contributed by atoms with E-state index in [1.807, 2.05) is 0 Å². The largest absolute Gasteiger partial charge is 0.490 e. The third-order valence-corrected chi connectivity index (χ3v) is 6.07. The third kappa shape index (κ3) is 6.44. The Morgan fingerprint density at radius 2 is 1.81 bits per heavy atom. The van der Waals surface area contributed by atoms with E-state index in [-0.39, 0.29) is 54.5 Å². The molecule has 0 bridgehead atoms. The molecule has 5 rings (SSSR count). The second-order valence-electron chi connectivity index (χ2n) is 8.63. The number of hydrogen-bond donors (Lipinski definition) is 2. The van der Waals surface area contributed by atoms with Gasteiger partial charge < -0.3 is 15.4 Å². The Balaban J connectivity index is 0.00000180. The minimum Gasteiger partial charge on any atom is -0.490 e. The van der Waals surface area contributed by atoms with Crippen molar-refractivity contribution in [2.45, 2.75) is 56.6 Å². The number of nitrogens with one attached hydrogen (secondary N) is 2. The summed E-state index contributed by atoms with van der Waals surface area (Å²) < 4.78 is 60.0. The van der Waals surface area contributed by atoms with Gasteiger partial charge in [-0.25, -0.2) is 4.39 Å². The van der Waals surface area contributed by atoms with Crippen molar-refractivity contribution in [3.05, 3.63) is 65.2 Å². The van der Waals surface area contributed by atoms with Crippen LogP contribution in [0.5, 0.6) is 5.75 Å². The van der Waals surface area contributed by atoms with Crippen LogP contribution < -0.4 is 15.4 Å². The van der Waals surface area contributed by atoms with Crippen LogP contribution in [0.15, 0.2) is 42.5 Å². The highest BCUT2D eigenvalue weighted by Gasteiger charge is 2.38. The molecule has 1 aromatic heterocycles. The van der Waals surface area contributed by atoms with Crippen LogP contribution in [0.4, 0.5) is 17.6 Å². The van der Waals surface area contributed by atoms with Crippen molar-refractivity contribution >= 4 is 24.8 Å². The number of halogens is 6. The molecule has 2 fully saturated rings. The first-order chi connectivity index (χ1) is 16.4. The number of nitrogens with zero attached hydrogens (tertiary/aromatic N) is 4. The van der Waals surface area contributed by atoms with Gasteiger partial charge in [-0.15, -0.1) is 29.9 Å². The number of piperidine rings is 1.